The van der Waals surface area contributed by atoms with Crippen LogP contribution in [0.25, 0.3) is 0 Å². The lowest BCUT2D eigenvalue weighted by molar-refractivity contribution is -0.141. The topological polar surface area (TPSA) is 109 Å². The highest BCUT2D eigenvalue weighted by Gasteiger charge is 2.38. The van der Waals surface area contributed by atoms with Crippen LogP contribution < -0.4 is 9.46 Å². The second-order valence-corrected chi connectivity index (χ2v) is 7.50. The van der Waals surface area contributed by atoms with Crippen LogP contribution in [0.5, 0.6) is 5.75 Å². The van der Waals surface area contributed by atoms with Crippen LogP contribution in [0, 0.1) is 0 Å². The maximum Gasteiger partial charge on any atom is 0.434 e. The summed E-state index contributed by atoms with van der Waals surface area (Å²) in [4.78, 5) is 31.4. The molecule has 1 aromatic carbocycles. The Hall–Kier alpha value is -3.35. The Bertz CT molecular complexity index is 1090. The van der Waals surface area contributed by atoms with Crippen LogP contribution in [0.15, 0.2) is 36.5 Å². The predicted molar refractivity (Wildman–Crippen MR) is 108 cm³/mol. The number of halogens is 3. The molecule has 1 saturated heterocycles. The minimum atomic E-state index is -4.76. The zero-order valence-electron chi connectivity index (χ0n) is 16.8. The van der Waals surface area contributed by atoms with Gasteiger partial charge >= 0.3 is 6.18 Å². The molecule has 3 rings (SSSR count). The van der Waals surface area contributed by atoms with Crippen molar-refractivity contribution in [3.63, 3.8) is 0 Å². The molecule has 0 bridgehead atoms. The predicted octanol–water partition coefficient (Wildman–Crippen LogP) is 1.65. The van der Waals surface area contributed by atoms with Gasteiger partial charge < -0.3 is 14.5 Å². The Morgan fingerprint density at radius 2 is 1.69 bits per heavy atom. The lowest BCUT2D eigenvalue weighted by Crippen LogP contribution is -2.50. The van der Waals surface area contributed by atoms with Gasteiger partial charge in [-0.3, -0.25) is 19.3 Å². The number of amides is 2. The molecule has 2 amide bonds. The van der Waals surface area contributed by atoms with Gasteiger partial charge in [0, 0.05) is 37.9 Å². The number of nitrogens with zero attached hydrogens (tertiary/aromatic N) is 3. The summed E-state index contributed by atoms with van der Waals surface area (Å²) in [5, 5.41) is 0. The number of aromatic nitrogens is 1. The average Bonchev–Trinajstić information content (AvgIpc) is 2.77. The third-order valence-corrected chi connectivity index (χ3v) is 5.24. The molecule has 1 aromatic heterocycles. The number of carbonyl (C=O) groups is 2. The van der Waals surface area contributed by atoms with Crippen LogP contribution in [0.2, 0.25) is 0 Å². The minimum absolute atomic E-state index is 0.0458. The van der Waals surface area contributed by atoms with E-state index in [0.29, 0.717) is 0 Å². The van der Waals surface area contributed by atoms with Gasteiger partial charge in [0.1, 0.15) is 5.75 Å². The number of alkyl halides is 3. The van der Waals surface area contributed by atoms with Crippen LogP contribution in [-0.2, 0) is 17.1 Å². The average molecular weight is 472 g/mol. The number of nitrogens with one attached hydrogen (secondary N) is 1. The summed E-state index contributed by atoms with van der Waals surface area (Å²) in [6.07, 6.45) is -3.79. The fourth-order valence-corrected chi connectivity index (χ4v) is 3.67. The van der Waals surface area contributed by atoms with Crippen molar-refractivity contribution in [2.45, 2.75) is 6.18 Å². The first kappa shape index (κ1) is 23.3. The van der Waals surface area contributed by atoms with E-state index >= 15 is 0 Å². The van der Waals surface area contributed by atoms with Crippen molar-refractivity contribution in [1.82, 2.24) is 14.8 Å². The van der Waals surface area contributed by atoms with Crippen LogP contribution in [0.1, 0.15) is 26.4 Å². The van der Waals surface area contributed by atoms with Gasteiger partial charge in [-0.2, -0.15) is 13.2 Å². The summed E-state index contributed by atoms with van der Waals surface area (Å²) >= 11 is 0. The van der Waals surface area contributed by atoms with Gasteiger partial charge in [-0.1, -0.05) is 0 Å². The number of hydrogen-bond donors (Lipinski definition) is 2. The molecule has 9 nitrogen and oxygen atoms in total. The van der Waals surface area contributed by atoms with Crippen LogP contribution in [0.3, 0.4) is 0 Å². The number of anilines is 1. The van der Waals surface area contributed by atoms with Crippen molar-refractivity contribution in [2.75, 3.05) is 38.0 Å². The van der Waals surface area contributed by atoms with Gasteiger partial charge in [0.05, 0.1) is 18.4 Å². The molecule has 1 aliphatic heterocycles. The maximum atomic E-state index is 13.2. The van der Waals surface area contributed by atoms with Crippen molar-refractivity contribution in [2.24, 2.45) is 0 Å². The third-order valence-electron chi connectivity index (χ3n) is 4.82. The molecule has 2 heterocycles. The monoisotopic (exact) mass is 472 g/mol. The highest BCUT2D eigenvalue weighted by molar-refractivity contribution is 7.73. The van der Waals surface area contributed by atoms with Gasteiger partial charge in [0.2, 0.25) is 10.9 Å². The first-order chi connectivity index (χ1) is 15.1. The molecule has 13 heteroatoms. The second kappa shape index (κ2) is 9.42. The molecular weight excluding hydrogens is 453 g/mol. The van der Waals surface area contributed by atoms with E-state index in [9.17, 15) is 31.2 Å². The van der Waals surface area contributed by atoms with Gasteiger partial charge in [-0.25, -0.2) is 8.42 Å². The van der Waals surface area contributed by atoms with Gasteiger partial charge in [-0.15, -0.1) is 0 Å². The van der Waals surface area contributed by atoms with E-state index in [2.05, 4.69) is 9.71 Å². The maximum absolute atomic E-state index is 13.2. The smallest absolute Gasteiger partial charge is 0.434 e. The Morgan fingerprint density at radius 1 is 1.06 bits per heavy atom. The molecule has 0 radical (unpaired) electrons. The van der Waals surface area contributed by atoms with Crippen molar-refractivity contribution < 1.29 is 35.9 Å². The highest BCUT2D eigenvalue weighted by atomic mass is 32.2. The molecule has 2 aromatic rings. The summed E-state index contributed by atoms with van der Waals surface area (Å²) in [6, 6.07) is 6.53. The lowest BCUT2D eigenvalue weighted by Gasteiger charge is -2.35. The van der Waals surface area contributed by atoms with Gasteiger partial charge in [-0.05, 0) is 30.3 Å². The largest absolute Gasteiger partial charge is 0.495 e. The summed E-state index contributed by atoms with van der Waals surface area (Å²) in [7, 11) is -1.59. The third kappa shape index (κ3) is 5.10. The standard InChI is InChI=1S/C19H19F3N4O5S/c1-31-15-11-12(4-5-14(15)24-32(29)30)17(27)25-7-9-26(10-8-25)18(28)13-3-2-6-23-16(13)19(20,21)22/h2-6,11,32H,7-10H2,1H3,(H,24,29,30). The van der Waals surface area contributed by atoms with Crippen molar-refractivity contribution in [3.05, 3.63) is 53.3 Å². The molecule has 172 valence electrons. The zero-order chi connectivity index (χ0) is 23.5. The molecule has 32 heavy (non-hydrogen) atoms. The SMILES string of the molecule is COc1cc(C(=O)N2CCN(C(=O)c3cccnc3C(F)(F)F)CC2)ccc1N[SH](=O)=O. The summed E-state index contributed by atoms with van der Waals surface area (Å²) in [5.41, 5.74) is -1.37. The molecule has 0 spiro atoms. The normalized spacial score (nSPS) is 14.4. The molecule has 1 fully saturated rings. The Balaban J connectivity index is 1.70. The highest BCUT2D eigenvalue weighted by Crippen LogP contribution is 2.31. The van der Waals surface area contributed by atoms with E-state index in [1.807, 2.05) is 0 Å². The minimum Gasteiger partial charge on any atom is -0.495 e. The van der Waals surface area contributed by atoms with Crippen molar-refractivity contribution in [1.29, 1.82) is 0 Å². The summed E-state index contributed by atoms with van der Waals surface area (Å²) in [5.74, 6) is -1.03. The van der Waals surface area contributed by atoms with Crippen molar-refractivity contribution >= 4 is 28.4 Å². The number of benzene rings is 1. The van der Waals surface area contributed by atoms with E-state index in [-0.39, 0.29) is 49.1 Å². The quantitative estimate of drug-likeness (QED) is 0.641. The van der Waals surface area contributed by atoms with E-state index in [1.165, 1.54) is 41.2 Å². The second-order valence-electron chi connectivity index (χ2n) is 6.77. The molecule has 0 unspecified atom stereocenters. The molecular formula is C19H19F3N4O5S. The fourth-order valence-electron chi connectivity index (χ4n) is 3.28. The number of piperazine rings is 1. The molecule has 0 atom stereocenters. The Labute approximate surface area is 182 Å². The van der Waals surface area contributed by atoms with Gasteiger partial charge in [0.25, 0.3) is 11.8 Å². The number of hydrogen-bond acceptors (Lipinski definition) is 6. The van der Waals surface area contributed by atoms with Gasteiger partial charge in [0.15, 0.2) is 5.69 Å². The zero-order valence-corrected chi connectivity index (χ0v) is 17.7. The number of thiol groups is 1. The van der Waals surface area contributed by atoms with E-state index in [0.717, 1.165) is 12.3 Å². The van der Waals surface area contributed by atoms with Crippen LogP contribution in [0.4, 0.5) is 18.9 Å². The number of rotatable bonds is 5. The Morgan fingerprint density at radius 3 is 2.25 bits per heavy atom. The number of methoxy groups -OCH3 is 1. The molecule has 0 aliphatic carbocycles. The number of pyridine rings is 1. The molecule has 1 aliphatic rings. The Kier molecular flexibility index (Phi) is 6.87. The lowest BCUT2D eigenvalue weighted by atomic mass is 10.1. The number of ether oxygens (including phenoxy) is 1. The molecule has 1 N–H and O–H groups in total. The molecule has 0 saturated carbocycles. The van der Waals surface area contributed by atoms with E-state index in [4.69, 9.17) is 4.74 Å². The van der Waals surface area contributed by atoms with Crippen LogP contribution >= 0.6 is 0 Å². The summed E-state index contributed by atoms with van der Waals surface area (Å²) < 4.78 is 68.5. The van der Waals surface area contributed by atoms with E-state index in [1.54, 1.807) is 0 Å². The summed E-state index contributed by atoms with van der Waals surface area (Å²) in [6.45, 7) is 0.316. The van der Waals surface area contributed by atoms with Crippen molar-refractivity contribution in [3.8, 4) is 5.75 Å². The number of carbonyl (C=O) groups excluding carboxylic acids is 2. The van der Waals surface area contributed by atoms with Crippen LogP contribution in [-0.4, -0.2) is 68.3 Å². The first-order valence-corrected chi connectivity index (χ1v) is 10.5. The fraction of sp³-hybridized carbons (Fsp3) is 0.316. The first-order valence-electron chi connectivity index (χ1n) is 9.31. The van der Waals surface area contributed by atoms with E-state index < -0.39 is 34.2 Å².